The molecule has 7 heteroatoms. The molecule has 1 rings (SSSR count). The number of carbonyl (C=O) groups is 1. The van der Waals surface area contributed by atoms with Crippen molar-refractivity contribution in [3.63, 3.8) is 0 Å². The van der Waals surface area contributed by atoms with Crippen molar-refractivity contribution in [2.24, 2.45) is 0 Å². The minimum Gasteiger partial charge on any atom is -0.354 e. The van der Waals surface area contributed by atoms with Gasteiger partial charge in [-0.05, 0) is 6.92 Å². The summed E-state index contributed by atoms with van der Waals surface area (Å²) in [6, 6.07) is 0.0926. The quantitative estimate of drug-likeness (QED) is 0.561. The average molecular weight is 263 g/mol. The van der Waals surface area contributed by atoms with Gasteiger partial charge in [0.15, 0.2) is 9.84 Å². The van der Waals surface area contributed by atoms with E-state index in [2.05, 4.69) is 16.0 Å². The molecule has 0 saturated carbocycles. The van der Waals surface area contributed by atoms with Crippen LogP contribution in [-0.2, 0) is 14.6 Å². The van der Waals surface area contributed by atoms with Crippen molar-refractivity contribution in [1.29, 1.82) is 0 Å². The normalized spacial score (nSPS) is 25.5. The molecule has 1 fully saturated rings. The SMILES string of the molecule is CCS(=O)(=O)CCNC(=O)C1CNC(C)CN1. The van der Waals surface area contributed by atoms with Gasteiger partial charge in [0.1, 0.15) is 0 Å². The van der Waals surface area contributed by atoms with Crippen molar-refractivity contribution in [1.82, 2.24) is 16.0 Å². The predicted octanol–water partition coefficient (Wildman–Crippen LogP) is -1.51. The molecule has 2 unspecified atom stereocenters. The Morgan fingerprint density at radius 2 is 2.06 bits per heavy atom. The van der Waals surface area contributed by atoms with Crippen LogP contribution in [0.1, 0.15) is 13.8 Å². The fourth-order valence-electron chi connectivity index (χ4n) is 1.57. The molecular formula is C10H21N3O3S. The number of amides is 1. The topological polar surface area (TPSA) is 87.3 Å². The van der Waals surface area contributed by atoms with Crippen molar-refractivity contribution in [3.8, 4) is 0 Å². The van der Waals surface area contributed by atoms with Crippen molar-refractivity contribution >= 4 is 15.7 Å². The van der Waals surface area contributed by atoms with Crippen LogP contribution in [0.15, 0.2) is 0 Å². The fraction of sp³-hybridized carbons (Fsp3) is 0.900. The van der Waals surface area contributed by atoms with E-state index in [1.165, 1.54) is 0 Å². The molecule has 1 aliphatic rings. The molecule has 0 aromatic carbocycles. The first-order chi connectivity index (χ1) is 7.94. The third-order valence-electron chi connectivity index (χ3n) is 2.81. The van der Waals surface area contributed by atoms with Gasteiger partial charge in [0.25, 0.3) is 0 Å². The first-order valence-corrected chi connectivity index (χ1v) is 7.71. The second kappa shape index (κ2) is 6.32. The minimum atomic E-state index is -3.01. The van der Waals surface area contributed by atoms with Crippen molar-refractivity contribution in [3.05, 3.63) is 0 Å². The summed E-state index contributed by atoms with van der Waals surface area (Å²) < 4.78 is 22.4. The Labute approximate surface area is 102 Å². The molecule has 17 heavy (non-hydrogen) atoms. The first kappa shape index (κ1) is 14.4. The number of hydrogen-bond acceptors (Lipinski definition) is 5. The Morgan fingerprint density at radius 1 is 1.35 bits per heavy atom. The summed E-state index contributed by atoms with van der Waals surface area (Å²) >= 11 is 0. The lowest BCUT2D eigenvalue weighted by atomic mass is 10.1. The van der Waals surface area contributed by atoms with Crippen LogP contribution in [0.3, 0.4) is 0 Å². The molecule has 3 N–H and O–H groups in total. The van der Waals surface area contributed by atoms with Crippen LogP contribution in [0.25, 0.3) is 0 Å². The van der Waals surface area contributed by atoms with Crippen LogP contribution in [-0.4, -0.2) is 57.5 Å². The van der Waals surface area contributed by atoms with Gasteiger partial charge >= 0.3 is 0 Å². The summed E-state index contributed by atoms with van der Waals surface area (Å²) in [5.41, 5.74) is 0. The zero-order chi connectivity index (χ0) is 12.9. The number of piperazine rings is 1. The summed E-state index contributed by atoms with van der Waals surface area (Å²) in [4.78, 5) is 11.7. The third-order valence-corrected chi connectivity index (χ3v) is 4.52. The lowest BCUT2D eigenvalue weighted by Crippen LogP contribution is -2.59. The van der Waals surface area contributed by atoms with Crippen LogP contribution in [0.4, 0.5) is 0 Å². The number of hydrogen-bond donors (Lipinski definition) is 3. The van der Waals surface area contributed by atoms with Crippen molar-refractivity contribution in [2.75, 3.05) is 31.1 Å². The highest BCUT2D eigenvalue weighted by atomic mass is 32.2. The van der Waals surface area contributed by atoms with Crippen LogP contribution < -0.4 is 16.0 Å². The van der Waals surface area contributed by atoms with Crippen LogP contribution in [0.2, 0.25) is 0 Å². The lowest BCUT2D eigenvalue weighted by molar-refractivity contribution is -0.123. The zero-order valence-electron chi connectivity index (χ0n) is 10.3. The Kier molecular flexibility index (Phi) is 5.35. The second-order valence-electron chi connectivity index (χ2n) is 4.30. The Balaban J connectivity index is 2.26. The molecule has 0 aliphatic carbocycles. The minimum absolute atomic E-state index is 0.00575. The Hall–Kier alpha value is -0.660. The molecular weight excluding hydrogens is 242 g/mol. The van der Waals surface area contributed by atoms with E-state index in [4.69, 9.17) is 0 Å². The van der Waals surface area contributed by atoms with Gasteiger partial charge in [-0.25, -0.2) is 8.42 Å². The summed E-state index contributed by atoms with van der Waals surface area (Å²) in [7, 11) is -3.01. The largest absolute Gasteiger partial charge is 0.354 e. The number of sulfone groups is 1. The number of nitrogens with one attached hydrogen (secondary N) is 3. The molecule has 0 spiro atoms. The van der Waals surface area contributed by atoms with Crippen molar-refractivity contribution in [2.45, 2.75) is 25.9 Å². The van der Waals surface area contributed by atoms with E-state index in [1.807, 2.05) is 6.92 Å². The van der Waals surface area contributed by atoms with Gasteiger partial charge in [-0.3, -0.25) is 4.79 Å². The smallest absolute Gasteiger partial charge is 0.238 e. The Bertz CT molecular complexity index is 348. The first-order valence-electron chi connectivity index (χ1n) is 5.89. The number of carbonyl (C=O) groups excluding carboxylic acids is 1. The molecule has 2 atom stereocenters. The van der Waals surface area contributed by atoms with Gasteiger partial charge in [-0.15, -0.1) is 0 Å². The summed E-state index contributed by atoms with van der Waals surface area (Å²) in [6.07, 6.45) is 0. The maximum Gasteiger partial charge on any atom is 0.238 e. The molecule has 0 bridgehead atoms. The molecule has 0 aromatic rings. The second-order valence-corrected chi connectivity index (χ2v) is 6.77. The van der Waals surface area contributed by atoms with E-state index in [0.29, 0.717) is 12.6 Å². The summed E-state index contributed by atoms with van der Waals surface area (Å²) in [5.74, 6) is -0.0224. The van der Waals surface area contributed by atoms with Gasteiger partial charge in [0.2, 0.25) is 5.91 Å². The van der Waals surface area contributed by atoms with E-state index in [1.54, 1.807) is 6.92 Å². The van der Waals surface area contributed by atoms with Gasteiger partial charge in [-0.1, -0.05) is 6.92 Å². The highest BCUT2D eigenvalue weighted by molar-refractivity contribution is 7.91. The highest BCUT2D eigenvalue weighted by Gasteiger charge is 2.23. The highest BCUT2D eigenvalue weighted by Crippen LogP contribution is 1.93. The van der Waals surface area contributed by atoms with Crippen LogP contribution >= 0.6 is 0 Å². The fourth-order valence-corrected chi connectivity index (χ4v) is 2.27. The van der Waals surface area contributed by atoms with Crippen LogP contribution in [0.5, 0.6) is 0 Å². The van der Waals surface area contributed by atoms with Gasteiger partial charge in [0.05, 0.1) is 11.8 Å². The standard InChI is InChI=1S/C10H21N3O3S/c1-3-17(15,16)5-4-11-10(14)9-7-12-8(2)6-13-9/h8-9,12-13H,3-7H2,1-2H3,(H,11,14). The number of rotatable bonds is 5. The maximum absolute atomic E-state index is 11.7. The molecule has 0 aromatic heterocycles. The molecule has 1 aliphatic heterocycles. The Morgan fingerprint density at radius 3 is 2.59 bits per heavy atom. The molecule has 1 amide bonds. The molecule has 6 nitrogen and oxygen atoms in total. The lowest BCUT2D eigenvalue weighted by Gasteiger charge is -2.28. The van der Waals surface area contributed by atoms with Crippen molar-refractivity contribution < 1.29 is 13.2 Å². The molecule has 1 heterocycles. The molecule has 0 radical (unpaired) electrons. The van der Waals surface area contributed by atoms with E-state index in [9.17, 15) is 13.2 Å². The maximum atomic E-state index is 11.7. The third kappa shape index (κ3) is 5.01. The van der Waals surface area contributed by atoms with E-state index < -0.39 is 9.84 Å². The molecule has 100 valence electrons. The van der Waals surface area contributed by atoms with E-state index >= 15 is 0 Å². The molecule has 1 saturated heterocycles. The summed E-state index contributed by atoms with van der Waals surface area (Å²) in [6.45, 7) is 5.14. The average Bonchev–Trinajstić information content (AvgIpc) is 2.29. The predicted molar refractivity (Wildman–Crippen MR) is 66.6 cm³/mol. The van der Waals surface area contributed by atoms with Gasteiger partial charge < -0.3 is 16.0 Å². The van der Waals surface area contributed by atoms with Crippen LogP contribution in [0, 0.1) is 0 Å². The van der Waals surface area contributed by atoms with Gasteiger partial charge in [-0.2, -0.15) is 0 Å². The van der Waals surface area contributed by atoms with E-state index in [0.717, 1.165) is 6.54 Å². The zero-order valence-corrected chi connectivity index (χ0v) is 11.1. The summed E-state index contributed by atoms with van der Waals surface area (Å²) in [5, 5.41) is 8.93. The van der Waals surface area contributed by atoms with Gasteiger partial charge in [0, 0.05) is 31.4 Å². The van der Waals surface area contributed by atoms with E-state index in [-0.39, 0.29) is 30.0 Å². The monoisotopic (exact) mass is 263 g/mol.